The lowest BCUT2D eigenvalue weighted by Gasteiger charge is -2.25. The number of nitrogens with zero attached hydrogens (tertiary/aromatic N) is 1. The predicted octanol–water partition coefficient (Wildman–Crippen LogP) is 4.83. The summed E-state index contributed by atoms with van der Waals surface area (Å²) in [6.45, 7) is 5.79. The minimum atomic E-state index is -0.840. The van der Waals surface area contributed by atoms with E-state index in [4.69, 9.17) is 4.42 Å². The van der Waals surface area contributed by atoms with Crippen molar-refractivity contribution in [2.24, 2.45) is 0 Å². The van der Waals surface area contributed by atoms with E-state index in [-0.39, 0.29) is 11.3 Å². The van der Waals surface area contributed by atoms with Crippen molar-refractivity contribution in [1.82, 2.24) is 0 Å². The number of anilines is 1. The first-order valence-corrected chi connectivity index (χ1v) is 9.37. The van der Waals surface area contributed by atoms with Gasteiger partial charge in [-0.15, -0.1) is 0 Å². The fraction of sp³-hybridized carbons (Fsp3) is 0.167. The fourth-order valence-corrected chi connectivity index (χ4v) is 3.74. The van der Waals surface area contributed by atoms with Crippen LogP contribution in [-0.4, -0.2) is 16.8 Å². The number of amides is 1. The maximum atomic E-state index is 13.0. The second kappa shape index (κ2) is 7.09. The summed E-state index contributed by atoms with van der Waals surface area (Å²) in [6.07, 6.45) is 1.49. The Kier molecular flexibility index (Phi) is 4.59. The van der Waals surface area contributed by atoms with Crippen LogP contribution in [0.25, 0.3) is 5.76 Å². The lowest BCUT2D eigenvalue weighted by molar-refractivity contribution is -0.132. The first-order valence-electron chi connectivity index (χ1n) is 9.37. The van der Waals surface area contributed by atoms with E-state index in [1.165, 1.54) is 11.2 Å². The number of hydrogen-bond acceptors (Lipinski definition) is 4. The van der Waals surface area contributed by atoms with Crippen molar-refractivity contribution in [3.63, 3.8) is 0 Å². The molecule has 2 heterocycles. The van der Waals surface area contributed by atoms with Gasteiger partial charge in [0.25, 0.3) is 11.7 Å². The average Bonchev–Trinajstić information content (AvgIpc) is 3.30. The van der Waals surface area contributed by atoms with Crippen LogP contribution in [0.1, 0.15) is 34.1 Å². The van der Waals surface area contributed by atoms with E-state index in [0.29, 0.717) is 17.0 Å². The Morgan fingerprint density at radius 2 is 1.66 bits per heavy atom. The molecule has 0 spiro atoms. The van der Waals surface area contributed by atoms with Gasteiger partial charge >= 0.3 is 0 Å². The smallest absolute Gasteiger partial charge is 0.300 e. The first kappa shape index (κ1) is 18.7. The Bertz CT molecular complexity index is 1120. The third-order valence-electron chi connectivity index (χ3n) is 5.19. The molecule has 4 rings (SSSR count). The van der Waals surface area contributed by atoms with Gasteiger partial charge in [0.05, 0.1) is 11.8 Å². The number of carbonyl (C=O) groups is 2. The lowest BCUT2D eigenvalue weighted by Crippen LogP contribution is -2.30. The summed E-state index contributed by atoms with van der Waals surface area (Å²) in [5.74, 6) is -1.22. The van der Waals surface area contributed by atoms with Crippen molar-refractivity contribution in [2.75, 3.05) is 4.90 Å². The molecule has 5 heteroatoms. The molecule has 0 radical (unpaired) electrons. The standard InChI is InChI=1S/C24H21NO4/c1-14-6-9-17(10-7-14)22(26)20-21(19-5-4-12-29-19)25(24(28)23(20)27)18-11-8-15(2)13-16(18)3/h4-13,21,26H,1-3H3/b22-20-. The maximum absolute atomic E-state index is 13.0. The summed E-state index contributed by atoms with van der Waals surface area (Å²) in [4.78, 5) is 27.5. The Balaban J connectivity index is 1.94. The maximum Gasteiger partial charge on any atom is 0.300 e. The van der Waals surface area contributed by atoms with E-state index < -0.39 is 17.7 Å². The summed E-state index contributed by atoms with van der Waals surface area (Å²) in [7, 11) is 0. The van der Waals surface area contributed by atoms with Gasteiger partial charge < -0.3 is 9.52 Å². The van der Waals surface area contributed by atoms with Gasteiger partial charge in [0.15, 0.2) is 0 Å². The number of hydrogen-bond donors (Lipinski definition) is 1. The number of ketones is 1. The number of aliphatic hydroxyl groups excluding tert-OH is 1. The second-order valence-corrected chi connectivity index (χ2v) is 7.34. The zero-order valence-corrected chi connectivity index (χ0v) is 16.5. The van der Waals surface area contributed by atoms with Crippen molar-refractivity contribution in [1.29, 1.82) is 0 Å². The monoisotopic (exact) mass is 387 g/mol. The third-order valence-corrected chi connectivity index (χ3v) is 5.19. The number of benzene rings is 2. The number of Topliss-reactive ketones (excluding diaryl/α,β-unsaturated/α-hetero) is 1. The van der Waals surface area contributed by atoms with E-state index in [1.807, 2.05) is 51.1 Å². The van der Waals surface area contributed by atoms with Gasteiger partial charge in [-0.05, 0) is 44.5 Å². The second-order valence-electron chi connectivity index (χ2n) is 7.34. The molecule has 1 saturated heterocycles. The summed E-state index contributed by atoms with van der Waals surface area (Å²) >= 11 is 0. The van der Waals surface area contributed by atoms with Crippen LogP contribution < -0.4 is 4.90 Å². The van der Waals surface area contributed by atoms with Gasteiger partial charge in [-0.1, -0.05) is 47.5 Å². The molecule has 0 aliphatic carbocycles. The molecule has 146 valence electrons. The highest BCUT2D eigenvalue weighted by Gasteiger charge is 2.48. The molecule has 5 nitrogen and oxygen atoms in total. The molecule has 1 aliphatic rings. The first-order chi connectivity index (χ1) is 13.9. The van der Waals surface area contributed by atoms with Crippen molar-refractivity contribution < 1.29 is 19.1 Å². The lowest BCUT2D eigenvalue weighted by atomic mass is 9.98. The van der Waals surface area contributed by atoms with Crippen molar-refractivity contribution in [3.8, 4) is 0 Å². The van der Waals surface area contributed by atoms with Gasteiger partial charge in [0.2, 0.25) is 0 Å². The van der Waals surface area contributed by atoms with E-state index >= 15 is 0 Å². The summed E-state index contributed by atoms with van der Waals surface area (Å²) in [5, 5.41) is 11.0. The van der Waals surface area contributed by atoms with E-state index in [9.17, 15) is 14.7 Å². The number of rotatable bonds is 3. The molecule has 1 fully saturated rings. The molecule has 0 saturated carbocycles. The Morgan fingerprint density at radius 1 is 0.966 bits per heavy atom. The van der Waals surface area contributed by atoms with Crippen LogP contribution >= 0.6 is 0 Å². The molecule has 1 atom stereocenters. The van der Waals surface area contributed by atoms with Gasteiger partial charge in [0.1, 0.15) is 17.6 Å². The molecular formula is C24H21NO4. The van der Waals surface area contributed by atoms with Crippen LogP contribution in [0.3, 0.4) is 0 Å². The Morgan fingerprint density at radius 3 is 2.28 bits per heavy atom. The summed E-state index contributed by atoms with van der Waals surface area (Å²) in [6, 6.07) is 15.4. The van der Waals surface area contributed by atoms with Crippen LogP contribution in [0, 0.1) is 20.8 Å². The molecular weight excluding hydrogens is 366 g/mol. The number of aryl methyl sites for hydroxylation is 3. The average molecular weight is 387 g/mol. The normalized spacial score (nSPS) is 18.4. The minimum absolute atomic E-state index is 0.0220. The van der Waals surface area contributed by atoms with E-state index in [0.717, 1.165) is 16.7 Å². The Labute approximate surface area is 168 Å². The summed E-state index contributed by atoms with van der Waals surface area (Å²) in [5.41, 5.74) is 4.05. The molecule has 1 aromatic heterocycles. The van der Waals surface area contributed by atoms with Crippen molar-refractivity contribution in [2.45, 2.75) is 26.8 Å². The predicted molar refractivity (Wildman–Crippen MR) is 111 cm³/mol. The van der Waals surface area contributed by atoms with Crippen LogP contribution in [0.4, 0.5) is 5.69 Å². The quantitative estimate of drug-likeness (QED) is 0.397. The van der Waals surface area contributed by atoms with Crippen molar-refractivity contribution in [3.05, 3.63) is 94.4 Å². The van der Waals surface area contributed by atoms with Crippen LogP contribution in [-0.2, 0) is 9.59 Å². The molecule has 0 bridgehead atoms. The SMILES string of the molecule is Cc1ccc(/C(O)=C2/C(=O)C(=O)N(c3ccc(C)cc3C)C2c2ccco2)cc1. The highest BCUT2D eigenvalue weighted by Crippen LogP contribution is 2.43. The highest BCUT2D eigenvalue weighted by atomic mass is 16.3. The molecule has 2 aromatic carbocycles. The largest absolute Gasteiger partial charge is 0.507 e. The van der Waals surface area contributed by atoms with Crippen LogP contribution in [0.2, 0.25) is 0 Å². The molecule has 1 aliphatic heterocycles. The number of aliphatic hydroxyl groups is 1. The topological polar surface area (TPSA) is 70.8 Å². The zero-order chi connectivity index (χ0) is 20.7. The number of carbonyl (C=O) groups excluding carboxylic acids is 2. The van der Waals surface area contributed by atoms with Gasteiger partial charge in [-0.2, -0.15) is 0 Å². The van der Waals surface area contributed by atoms with Gasteiger partial charge in [-0.25, -0.2) is 0 Å². The highest BCUT2D eigenvalue weighted by molar-refractivity contribution is 6.51. The fourth-order valence-electron chi connectivity index (χ4n) is 3.74. The molecule has 3 aromatic rings. The third kappa shape index (κ3) is 3.14. The van der Waals surface area contributed by atoms with Crippen molar-refractivity contribution >= 4 is 23.1 Å². The summed E-state index contributed by atoms with van der Waals surface area (Å²) < 4.78 is 5.57. The van der Waals surface area contributed by atoms with E-state index in [2.05, 4.69) is 0 Å². The molecule has 1 unspecified atom stereocenters. The molecule has 29 heavy (non-hydrogen) atoms. The van der Waals surface area contributed by atoms with Crippen LogP contribution in [0.5, 0.6) is 0 Å². The Hall–Kier alpha value is -3.60. The van der Waals surface area contributed by atoms with Gasteiger partial charge in [-0.3, -0.25) is 14.5 Å². The number of furan rings is 1. The van der Waals surface area contributed by atoms with Crippen LogP contribution in [0.15, 0.2) is 70.9 Å². The minimum Gasteiger partial charge on any atom is -0.507 e. The zero-order valence-electron chi connectivity index (χ0n) is 16.5. The van der Waals surface area contributed by atoms with Gasteiger partial charge in [0, 0.05) is 11.3 Å². The van der Waals surface area contributed by atoms with E-state index in [1.54, 1.807) is 24.3 Å². The molecule has 1 amide bonds. The molecule has 1 N–H and O–H groups in total.